The van der Waals surface area contributed by atoms with E-state index in [0.29, 0.717) is 84.8 Å². The minimum absolute atomic E-state index is 0. The van der Waals surface area contributed by atoms with Gasteiger partial charge in [-0.15, -0.1) is 0 Å². The van der Waals surface area contributed by atoms with Crippen molar-refractivity contribution >= 4 is 175 Å². The van der Waals surface area contributed by atoms with Gasteiger partial charge in [-0.25, -0.2) is 44.7 Å². The number of hydrogen-bond donors (Lipinski definition) is 13. The molecular weight excluding hydrogens is 1780 g/mol. The van der Waals surface area contributed by atoms with Crippen LogP contribution in [0, 0.1) is 76.2 Å². The maximum Gasteiger partial charge on any atom is 1.00 e. The maximum atomic E-state index is 11.9. The van der Waals surface area contributed by atoms with Crippen LogP contribution in [0.3, 0.4) is 0 Å². The van der Waals surface area contributed by atoms with E-state index in [1.54, 1.807) is 125 Å². The summed E-state index contributed by atoms with van der Waals surface area (Å²) in [5, 5.41) is 34.3. The molecule has 18 N–H and O–H groups in total. The second-order valence-electron chi connectivity index (χ2n) is 28.5. The van der Waals surface area contributed by atoms with E-state index >= 15 is 0 Å². The molecule has 5 heterocycles. The number of ether oxygens (including phenoxy) is 1. The van der Waals surface area contributed by atoms with Gasteiger partial charge in [0.2, 0.25) is 52.0 Å². The predicted octanol–water partition coefficient (Wildman–Crippen LogP) is 12.7. The molecule has 13 rings (SSSR count). The van der Waals surface area contributed by atoms with Gasteiger partial charge in [0.1, 0.15) is 33.4 Å². The van der Waals surface area contributed by atoms with Gasteiger partial charge >= 0.3 is 109 Å². The second kappa shape index (κ2) is 55.2. The Morgan fingerprint density at radius 3 is 1.08 bits per heavy atom. The van der Waals surface area contributed by atoms with Crippen molar-refractivity contribution in [3.8, 4) is 0 Å². The number of para-hydroxylation sites is 7. The van der Waals surface area contributed by atoms with Crippen molar-refractivity contribution in [3.63, 3.8) is 0 Å². The van der Waals surface area contributed by atoms with Crippen LogP contribution in [-0.2, 0) is 19.2 Å². The SMILES string of the molecule is C=CC(=O)Nc1ccccc1Nc1nc(Nc2cc(C(N)=O)ccc2C)ncc1C.Cc1ccc(C(N)=O)cc1N.Cc1ccc(C(N)=O)cc1Nc1ncc(C)c(Nc2ccccc2C)n1.Cc1ccccc1N.Cc1ccccc1Nc1nc(Cl)ncc1C.Cc1cnc(Cl)nc1Cl.Cc1cnc(Nc2ccccc2NC(=O)OC(C)(C)C)nc1Cl.O=CO[O-].[H-].[K+].[K+]. The zero-order valence-corrected chi connectivity index (χ0v) is 83.3. The number of amides is 5. The van der Waals surface area contributed by atoms with Crippen LogP contribution >= 0.6 is 46.4 Å². The fourth-order valence-corrected chi connectivity index (χ4v) is 10.6. The van der Waals surface area contributed by atoms with E-state index in [2.05, 4.69) is 104 Å². The molecule has 0 radical (unpaired) electrons. The van der Waals surface area contributed by atoms with Gasteiger partial charge in [-0.05, 0) is 238 Å². The van der Waals surface area contributed by atoms with E-state index in [-0.39, 0.29) is 127 Å². The number of aryl methyl sites for hydroxylation is 11. The van der Waals surface area contributed by atoms with Gasteiger partial charge in [0, 0.05) is 110 Å². The topological polar surface area (TPSA) is 499 Å². The average Bonchev–Trinajstić information content (AvgIpc) is 0.826. The van der Waals surface area contributed by atoms with Gasteiger partial charge in [0.05, 0.1) is 22.7 Å². The summed E-state index contributed by atoms with van der Waals surface area (Å²) >= 11 is 22.7. The number of carbonyl (C=O) groups excluding carboxylic acids is 6. The summed E-state index contributed by atoms with van der Waals surface area (Å²) in [6, 6.07) is 53.7. The summed E-state index contributed by atoms with van der Waals surface area (Å²) in [5.41, 5.74) is 45.5. The summed E-state index contributed by atoms with van der Waals surface area (Å²) in [6.07, 6.45) is 9.01. The molecule has 5 aromatic heterocycles. The van der Waals surface area contributed by atoms with Gasteiger partial charge in [-0.1, -0.05) is 127 Å². The van der Waals surface area contributed by atoms with Crippen LogP contribution in [0.5, 0.6) is 0 Å². The molecule has 0 atom stereocenters. The van der Waals surface area contributed by atoms with Gasteiger partial charge < -0.3 is 82.2 Å². The van der Waals surface area contributed by atoms with E-state index in [0.717, 1.165) is 95.6 Å². The Hall–Kier alpha value is -11.7. The van der Waals surface area contributed by atoms with Crippen molar-refractivity contribution in [3.05, 3.63) is 318 Å². The third kappa shape index (κ3) is 38.3. The number of hydrogen-bond acceptors (Lipinski definition) is 27. The number of aromatic nitrogens is 10. The van der Waals surface area contributed by atoms with E-state index in [1.807, 2.05) is 179 Å². The smallest absolute Gasteiger partial charge is 1.00 e. The monoisotopic (exact) mass is 1880 g/mol. The van der Waals surface area contributed by atoms with Crippen molar-refractivity contribution in [2.24, 2.45) is 17.2 Å². The molecule has 32 nitrogen and oxygen atoms in total. The largest absolute Gasteiger partial charge is 1.00 e. The van der Waals surface area contributed by atoms with Crippen LogP contribution in [0.2, 0.25) is 20.9 Å². The van der Waals surface area contributed by atoms with Gasteiger partial charge in [-0.3, -0.25) is 29.3 Å². The van der Waals surface area contributed by atoms with E-state index in [4.69, 9.17) is 89.9 Å². The zero-order valence-electron chi connectivity index (χ0n) is 75.0. The van der Waals surface area contributed by atoms with E-state index < -0.39 is 29.4 Å². The van der Waals surface area contributed by atoms with Crippen LogP contribution < -0.4 is 179 Å². The average molecular weight is 1880 g/mol. The van der Waals surface area contributed by atoms with Crippen LogP contribution in [0.1, 0.15) is 114 Å². The minimum atomic E-state index is -0.569. The number of nitrogens with one attached hydrogen (secondary N) is 8. The van der Waals surface area contributed by atoms with Gasteiger partial charge in [-0.2, -0.15) is 9.97 Å². The van der Waals surface area contributed by atoms with Gasteiger partial charge in [0.25, 0.3) is 6.47 Å². The molecule has 0 unspecified atom stereocenters. The normalized spacial score (nSPS) is 9.91. The van der Waals surface area contributed by atoms with Crippen LogP contribution in [0.15, 0.2) is 220 Å². The maximum absolute atomic E-state index is 11.9. The van der Waals surface area contributed by atoms with Crippen molar-refractivity contribution < 1.29 is 148 Å². The summed E-state index contributed by atoms with van der Waals surface area (Å²) in [5.74, 6) is 1.43. The molecule has 129 heavy (non-hydrogen) atoms. The van der Waals surface area contributed by atoms with Gasteiger partial charge in [0.15, 0.2) is 0 Å². The minimum Gasteiger partial charge on any atom is -1.00 e. The Bertz CT molecular complexity index is 5990. The first-order valence-electron chi connectivity index (χ1n) is 38.4. The number of rotatable bonds is 19. The fraction of sp³-hybridized carbons (Fsp3) is 0.165. The van der Waals surface area contributed by atoms with Crippen LogP contribution in [0.25, 0.3) is 0 Å². The number of carbonyl (C=O) groups is 6. The number of halogens is 4. The standard InChI is InChI=1S/C22H22N6O2.C20H21N5O.C16H19ClN4O2.C12H12ClN3.C8H10N2O.C7H9N.C5H4Cl2N2.CH2O3.2K.H/c1-4-19(29)25-16-7-5-6-8-17(16)26-21-14(3)12-24-22(28-21)27-18-11-15(20(23)30)10-9-13(18)2;1-12-6-4-5-7-16(12)23-19-14(3)11-22-20(25-19)24-17-10-15(18(21)26)9-8-13(17)2;1-10-9-18-14(21-13(10)17)19-11-7-5-6-8-12(11)20-15(22)23-16(2,3)4;1-8-5-3-4-6-10(8)15-11-9(2)7-14-12(13)16-11;1-5-2-3-6(8(10)11)4-7(5)9;1-6-4-2-3-5-7(6)8;1-3-2-8-5(7)9-4(3)6;2-1-4-3;;;/h4-12H,1H2,2-3H3,(H2,23,30)(H,25,29)(H2,24,26,27,28);4-11H,1-3H3,(H2,21,26)(H2,22,23,24,25);5-9H,1-4H3,(H,20,22)(H,18,19,21);3-7H,1-2H3,(H,14,15,16);2-4H,9H2,1H3,(H2,10,11);2-5H,8H2,1H3;2H,1H3;1,3H;;;/q;;;;;;;;2*+1;-1/p-1. The van der Waals surface area contributed by atoms with E-state index in [1.165, 1.54) is 6.08 Å². The van der Waals surface area contributed by atoms with Crippen molar-refractivity contribution in [1.82, 2.24) is 49.8 Å². The number of nitrogens with zero attached hydrogens (tertiary/aromatic N) is 10. The molecule has 8 aromatic carbocycles. The zero-order chi connectivity index (χ0) is 93.6. The molecular formula is C91H99Cl4K2N23O9. The number of nitrogen functional groups attached to an aromatic ring is 2. The molecule has 5 amide bonds. The summed E-state index contributed by atoms with van der Waals surface area (Å²) in [7, 11) is 0. The molecule has 662 valence electrons. The summed E-state index contributed by atoms with van der Waals surface area (Å²) in [6.45, 7) is 29.9. The van der Waals surface area contributed by atoms with E-state index in [9.17, 15) is 24.0 Å². The first kappa shape index (κ1) is 110. The van der Waals surface area contributed by atoms with Crippen molar-refractivity contribution in [2.45, 2.75) is 103 Å². The molecule has 0 aliphatic heterocycles. The third-order valence-corrected chi connectivity index (χ3v) is 18.4. The Morgan fingerprint density at radius 1 is 0.380 bits per heavy atom. The van der Waals surface area contributed by atoms with Crippen molar-refractivity contribution in [1.29, 1.82) is 0 Å². The number of anilines is 16. The Balaban J connectivity index is 0.000000402. The molecule has 0 saturated carbocycles. The molecule has 13 aromatic rings. The molecule has 0 saturated heterocycles. The third-order valence-electron chi connectivity index (χ3n) is 17.2. The first-order valence-corrected chi connectivity index (χ1v) is 39.9. The second-order valence-corrected chi connectivity index (χ2v) is 29.9. The van der Waals surface area contributed by atoms with Crippen molar-refractivity contribution in [2.75, 3.05) is 54.0 Å². The molecule has 0 aliphatic carbocycles. The molecule has 0 fully saturated rings. The first-order chi connectivity index (χ1) is 60.2. The number of primary amides is 3. The number of benzene rings is 8. The summed E-state index contributed by atoms with van der Waals surface area (Å²) < 4.78 is 5.25. The Morgan fingerprint density at radius 2 is 0.698 bits per heavy atom. The Kier molecular flexibility index (Phi) is 47.0. The molecule has 0 bridgehead atoms. The Labute approximate surface area is 855 Å². The molecule has 38 heteroatoms. The predicted molar refractivity (Wildman–Crippen MR) is 505 cm³/mol. The fourth-order valence-electron chi connectivity index (χ4n) is 10.1. The van der Waals surface area contributed by atoms with Crippen LogP contribution in [-0.4, -0.2) is 91.6 Å². The quantitative estimate of drug-likeness (QED) is 0.00522. The number of nitrogens with two attached hydrogens (primary N) is 5. The molecule has 0 aliphatic rings. The van der Waals surface area contributed by atoms with Crippen LogP contribution in [0.4, 0.5) is 97.0 Å². The molecule has 0 spiro atoms. The summed E-state index contributed by atoms with van der Waals surface area (Å²) in [4.78, 5) is 110.